The summed E-state index contributed by atoms with van der Waals surface area (Å²) < 4.78 is 59.3. The van der Waals surface area contributed by atoms with Gasteiger partial charge >= 0.3 is 15.6 Å². The third kappa shape index (κ3) is 35.5. The van der Waals surface area contributed by atoms with E-state index in [9.17, 15) is 33.3 Å². The first-order valence-corrected chi connectivity index (χ1v) is 21.2. The van der Waals surface area contributed by atoms with E-state index in [1.54, 1.807) is 41.5 Å². The first kappa shape index (κ1) is 49.1. The molecule has 0 rings (SSSR count). The number of phosphoric ester groups is 2. The maximum atomic E-state index is 12.1. The predicted octanol–water partition coefficient (Wildman–Crippen LogP) is 4.56. The summed E-state index contributed by atoms with van der Waals surface area (Å²) in [6.07, 6.45) is 4.36. The highest BCUT2D eigenvalue weighted by Gasteiger charge is 2.29. The molecule has 0 fully saturated rings. The van der Waals surface area contributed by atoms with Crippen LogP contribution < -0.4 is 10.6 Å². The molecule has 296 valence electrons. The SMILES string of the molecule is CC(C)(C)OP(=O)(O)OCCCCCCNC(=O)CCCC(=O)CSCCC(=O)NCCOCCOCCOCCOP(=O)(O)OC(C)(C)C. The number of ether oxygens (including phenoxy) is 3. The maximum absolute atomic E-state index is 12.1. The molecule has 0 bridgehead atoms. The number of rotatable bonds is 32. The van der Waals surface area contributed by atoms with Crippen LogP contribution in [-0.4, -0.2) is 116 Å². The molecular weight excluding hydrogens is 718 g/mol. The van der Waals surface area contributed by atoms with E-state index in [-0.39, 0.29) is 56.9 Å². The molecule has 0 radical (unpaired) electrons. The Balaban J connectivity index is 3.54. The molecule has 0 aliphatic carbocycles. The van der Waals surface area contributed by atoms with E-state index in [2.05, 4.69) is 10.6 Å². The van der Waals surface area contributed by atoms with Gasteiger partial charge in [0.1, 0.15) is 5.78 Å². The van der Waals surface area contributed by atoms with Gasteiger partial charge in [0.05, 0.1) is 69.8 Å². The number of hydrogen-bond acceptors (Lipinski definition) is 13. The molecule has 0 aliphatic heterocycles. The van der Waals surface area contributed by atoms with Gasteiger partial charge in [-0.15, -0.1) is 0 Å². The van der Waals surface area contributed by atoms with Crippen LogP contribution in [0.15, 0.2) is 0 Å². The van der Waals surface area contributed by atoms with Crippen molar-refractivity contribution >= 4 is 45.0 Å². The Hall–Kier alpha value is -0.940. The third-order valence-electron chi connectivity index (χ3n) is 5.82. The lowest BCUT2D eigenvalue weighted by Gasteiger charge is -2.22. The lowest BCUT2D eigenvalue weighted by atomic mass is 10.1. The Morgan fingerprint density at radius 2 is 1.06 bits per heavy atom. The van der Waals surface area contributed by atoms with Crippen LogP contribution in [0.25, 0.3) is 0 Å². The molecule has 2 unspecified atom stereocenters. The van der Waals surface area contributed by atoms with Crippen LogP contribution in [-0.2, 0) is 55.8 Å². The number of carbonyl (C=O) groups is 3. The van der Waals surface area contributed by atoms with Gasteiger partial charge in [-0.25, -0.2) is 9.13 Å². The first-order valence-electron chi connectivity index (χ1n) is 17.0. The number of phosphoric acid groups is 2. The number of ketones is 1. The van der Waals surface area contributed by atoms with Crippen LogP contribution >= 0.6 is 27.4 Å². The molecule has 0 heterocycles. The normalized spacial score (nSPS) is 14.6. The van der Waals surface area contributed by atoms with Crippen LogP contribution in [0.2, 0.25) is 0 Å². The summed E-state index contributed by atoms with van der Waals surface area (Å²) in [6, 6.07) is 0. The monoisotopic (exact) mass is 780 g/mol. The molecule has 0 aromatic heterocycles. The standard InChI is InChI=1S/C31H62N2O14P2S/c1-30(2,3)46-48(37,38)44-17-10-8-7-9-15-32-28(35)13-11-12-27(34)26-50-25-14-29(36)33-16-18-41-19-20-42-21-22-43-23-24-45-49(39,40)47-31(4,5)6/h7-26H2,1-6H3,(H,32,35)(H,33,36)(H,37,38)(H,39,40). The molecular formula is C31H62N2O14P2S. The minimum Gasteiger partial charge on any atom is -0.377 e. The van der Waals surface area contributed by atoms with Crippen molar-refractivity contribution in [2.45, 2.75) is 104 Å². The molecule has 16 nitrogen and oxygen atoms in total. The van der Waals surface area contributed by atoms with Crippen LogP contribution in [0, 0.1) is 0 Å². The van der Waals surface area contributed by atoms with Crippen molar-refractivity contribution in [3.05, 3.63) is 0 Å². The van der Waals surface area contributed by atoms with Crippen molar-refractivity contribution in [3.63, 3.8) is 0 Å². The fraction of sp³-hybridized carbons (Fsp3) is 0.903. The van der Waals surface area contributed by atoms with Gasteiger partial charge < -0.3 is 34.6 Å². The molecule has 0 spiro atoms. The summed E-state index contributed by atoms with van der Waals surface area (Å²) in [7, 11) is -8.17. The third-order valence-corrected chi connectivity index (χ3v) is 9.41. The molecule has 0 saturated heterocycles. The van der Waals surface area contributed by atoms with Crippen LogP contribution in [0.1, 0.15) is 92.9 Å². The number of Topliss-reactive ketones (excluding diaryl/α,β-unsaturated/α-hetero) is 1. The van der Waals surface area contributed by atoms with Crippen molar-refractivity contribution in [3.8, 4) is 0 Å². The second-order valence-corrected chi connectivity index (χ2v) is 17.0. The molecule has 19 heteroatoms. The van der Waals surface area contributed by atoms with E-state index in [1.165, 1.54) is 11.8 Å². The molecule has 2 amide bonds. The minimum atomic E-state index is -4.12. The summed E-state index contributed by atoms with van der Waals surface area (Å²) in [4.78, 5) is 55.3. The highest BCUT2D eigenvalue weighted by atomic mass is 32.2. The summed E-state index contributed by atoms with van der Waals surface area (Å²) in [5.41, 5.74) is -1.57. The zero-order valence-corrected chi connectivity index (χ0v) is 33.3. The molecule has 2 atom stereocenters. The summed E-state index contributed by atoms with van der Waals surface area (Å²) in [5.74, 6) is 0.631. The Morgan fingerprint density at radius 3 is 1.64 bits per heavy atom. The molecule has 0 aromatic rings. The number of thioether (sulfide) groups is 1. The first-order chi connectivity index (χ1) is 23.3. The van der Waals surface area contributed by atoms with Crippen molar-refractivity contribution in [1.29, 1.82) is 0 Å². The van der Waals surface area contributed by atoms with E-state index in [4.69, 9.17) is 32.3 Å². The molecule has 4 N–H and O–H groups in total. The van der Waals surface area contributed by atoms with Gasteiger partial charge in [-0.2, -0.15) is 11.8 Å². The average Bonchev–Trinajstić information content (AvgIpc) is 2.96. The quantitative estimate of drug-likeness (QED) is 0.0544. The predicted molar refractivity (Wildman–Crippen MR) is 191 cm³/mol. The molecule has 0 aromatic carbocycles. The van der Waals surface area contributed by atoms with Gasteiger partial charge in [0.2, 0.25) is 11.8 Å². The van der Waals surface area contributed by atoms with E-state index in [0.717, 1.165) is 19.3 Å². The number of hydrogen-bond donors (Lipinski definition) is 4. The topological polar surface area (TPSA) is 214 Å². The highest BCUT2D eigenvalue weighted by Crippen LogP contribution is 2.47. The summed E-state index contributed by atoms with van der Waals surface area (Å²) in [6.45, 7) is 12.7. The summed E-state index contributed by atoms with van der Waals surface area (Å²) >= 11 is 1.39. The summed E-state index contributed by atoms with van der Waals surface area (Å²) in [5, 5.41) is 5.60. The van der Waals surface area contributed by atoms with E-state index in [1.807, 2.05) is 0 Å². The fourth-order valence-corrected chi connectivity index (χ4v) is 6.80. The van der Waals surface area contributed by atoms with Crippen LogP contribution in [0.3, 0.4) is 0 Å². The Labute approximate surface area is 302 Å². The lowest BCUT2D eigenvalue weighted by Crippen LogP contribution is -2.28. The van der Waals surface area contributed by atoms with Gasteiger partial charge in [0.15, 0.2) is 0 Å². The maximum Gasteiger partial charge on any atom is 0.472 e. The van der Waals surface area contributed by atoms with E-state index < -0.39 is 26.8 Å². The van der Waals surface area contributed by atoms with E-state index in [0.29, 0.717) is 70.3 Å². The Morgan fingerprint density at radius 1 is 0.580 bits per heavy atom. The van der Waals surface area contributed by atoms with Crippen LogP contribution in [0.5, 0.6) is 0 Å². The molecule has 0 saturated carbocycles. The highest BCUT2D eigenvalue weighted by molar-refractivity contribution is 7.99. The van der Waals surface area contributed by atoms with Crippen molar-refractivity contribution in [2.75, 3.05) is 77.5 Å². The molecule has 0 aliphatic rings. The van der Waals surface area contributed by atoms with E-state index >= 15 is 0 Å². The second kappa shape index (κ2) is 27.6. The van der Waals surface area contributed by atoms with Crippen molar-refractivity contribution < 1.29 is 65.6 Å². The van der Waals surface area contributed by atoms with Crippen LogP contribution in [0.4, 0.5) is 0 Å². The van der Waals surface area contributed by atoms with Gasteiger partial charge in [-0.3, -0.25) is 32.5 Å². The number of nitrogens with one attached hydrogen (secondary N) is 2. The van der Waals surface area contributed by atoms with Gasteiger partial charge in [0, 0.05) is 38.1 Å². The largest absolute Gasteiger partial charge is 0.472 e. The van der Waals surface area contributed by atoms with Gasteiger partial charge in [-0.1, -0.05) is 12.8 Å². The minimum absolute atomic E-state index is 0.0434. The number of unbranched alkanes of at least 4 members (excludes halogenated alkanes) is 3. The average molecular weight is 781 g/mol. The Bertz CT molecular complexity index is 1040. The van der Waals surface area contributed by atoms with Crippen molar-refractivity contribution in [2.24, 2.45) is 0 Å². The van der Waals surface area contributed by atoms with Gasteiger partial charge in [-0.05, 0) is 60.8 Å². The second-order valence-electron chi connectivity index (χ2n) is 13.2. The Kier molecular flexibility index (Phi) is 27.1. The smallest absolute Gasteiger partial charge is 0.377 e. The van der Waals surface area contributed by atoms with Gasteiger partial charge in [0.25, 0.3) is 0 Å². The number of carbonyl (C=O) groups excluding carboxylic acids is 3. The zero-order valence-electron chi connectivity index (χ0n) is 30.7. The number of amides is 2. The van der Waals surface area contributed by atoms with Crippen molar-refractivity contribution in [1.82, 2.24) is 10.6 Å². The zero-order chi connectivity index (χ0) is 37.9. The molecule has 50 heavy (non-hydrogen) atoms. The fourth-order valence-electron chi connectivity index (χ4n) is 3.80. The lowest BCUT2D eigenvalue weighted by molar-refractivity contribution is -0.122.